The predicted octanol–water partition coefficient (Wildman–Crippen LogP) is 2.00. The van der Waals surface area contributed by atoms with Crippen LogP contribution in [0.25, 0.3) is 10.9 Å². The summed E-state index contributed by atoms with van der Waals surface area (Å²) < 4.78 is 5.62. The van der Waals surface area contributed by atoms with Crippen molar-refractivity contribution in [3.63, 3.8) is 0 Å². The fourth-order valence-electron chi connectivity index (χ4n) is 3.99. The number of amides is 2. The Bertz CT molecular complexity index is 1050. The van der Waals surface area contributed by atoms with Crippen LogP contribution in [0, 0.1) is 11.3 Å². The molecule has 0 aliphatic carbocycles. The molecule has 2 amide bonds. The van der Waals surface area contributed by atoms with Crippen LogP contribution in [0.3, 0.4) is 0 Å². The van der Waals surface area contributed by atoms with Crippen LogP contribution in [0.15, 0.2) is 30.5 Å². The minimum Gasteiger partial charge on any atom is -0.377 e. The third kappa shape index (κ3) is 4.31. The minimum atomic E-state index is -0.435. The van der Waals surface area contributed by atoms with Crippen molar-refractivity contribution in [3.05, 3.63) is 36.0 Å². The van der Waals surface area contributed by atoms with Gasteiger partial charge in [-0.3, -0.25) is 14.6 Å². The SMILES string of the molecule is CC1(C)COCCN1c1ccc2nccc(C(=O)NCC(=O)N3CSCC3C#N)c2c1. The highest BCUT2D eigenvalue weighted by molar-refractivity contribution is 7.99. The van der Waals surface area contributed by atoms with Crippen LogP contribution in [0.1, 0.15) is 24.2 Å². The first-order valence-corrected chi connectivity index (χ1v) is 11.4. The number of hydrogen-bond acceptors (Lipinski definition) is 7. The minimum absolute atomic E-state index is 0.141. The van der Waals surface area contributed by atoms with E-state index >= 15 is 0 Å². The largest absolute Gasteiger partial charge is 0.377 e. The number of nitriles is 1. The lowest BCUT2D eigenvalue weighted by atomic mass is 10.00. The number of thioether (sulfide) groups is 1. The van der Waals surface area contributed by atoms with Gasteiger partial charge in [-0.15, -0.1) is 11.8 Å². The van der Waals surface area contributed by atoms with E-state index in [2.05, 4.69) is 35.1 Å². The van der Waals surface area contributed by atoms with Crippen molar-refractivity contribution in [1.29, 1.82) is 5.26 Å². The van der Waals surface area contributed by atoms with Crippen molar-refractivity contribution in [2.75, 3.05) is 42.8 Å². The molecule has 3 heterocycles. The van der Waals surface area contributed by atoms with Crippen molar-refractivity contribution in [1.82, 2.24) is 15.2 Å². The number of rotatable bonds is 4. The number of benzene rings is 1. The third-order valence-electron chi connectivity index (χ3n) is 5.68. The second-order valence-electron chi connectivity index (χ2n) is 8.27. The number of nitrogens with one attached hydrogen (secondary N) is 1. The average Bonchev–Trinajstić information content (AvgIpc) is 3.25. The lowest BCUT2D eigenvalue weighted by Crippen LogP contribution is -2.53. The molecule has 1 aromatic heterocycles. The molecule has 2 aliphatic rings. The van der Waals surface area contributed by atoms with Crippen molar-refractivity contribution >= 4 is 40.2 Å². The van der Waals surface area contributed by atoms with E-state index in [0.29, 0.717) is 35.9 Å². The summed E-state index contributed by atoms with van der Waals surface area (Å²) in [5.74, 6) is 0.494. The van der Waals surface area contributed by atoms with Gasteiger partial charge < -0.3 is 19.9 Å². The first-order valence-electron chi connectivity index (χ1n) is 10.2. The summed E-state index contributed by atoms with van der Waals surface area (Å²) in [7, 11) is 0. The van der Waals surface area contributed by atoms with Gasteiger partial charge in [-0.1, -0.05) is 0 Å². The number of aromatic nitrogens is 1. The number of pyridine rings is 1. The maximum atomic E-state index is 12.9. The van der Waals surface area contributed by atoms with Gasteiger partial charge in [-0.05, 0) is 38.1 Å². The number of hydrogen-bond donors (Lipinski definition) is 1. The number of carbonyl (C=O) groups is 2. The van der Waals surface area contributed by atoms with Gasteiger partial charge in [0.15, 0.2) is 0 Å². The lowest BCUT2D eigenvalue weighted by molar-refractivity contribution is -0.129. The van der Waals surface area contributed by atoms with Crippen LogP contribution < -0.4 is 10.2 Å². The van der Waals surface area contributed by atoms with Crippen LogP contribution >= 0.6 is 11.8 Å². The lowest BCUT2D eigenvalue weighted by Gasteiger charge is -2.43. The smallest absolute Gasteiger partial charge is 0.252 e. The van der Waals surface area contributed by atoms with Crippen molar-refractivity contribution < 1.29 is 14.3 Å². The Labute approximate surface area is 185 Å². The molecule has 1 N–H and O–H groups in total. The van der Waals surface area contributed by atoms with E-state index in [9.17, 15) is 9.59 Å². The van der Waals surface area contributed by atoms with Gasteiger partial charge in [0.05, 0.1) is 48.3 Å². The molecule has 4 rings (SSSR count). The average molecular weight is 440 g/mol. The third-order valence-corrected chi connectivity index (χ3v) is 6.69. The molecule has 1 aromatic carbocycles. The summed E-state index contributed by atoms with van der Waals surface area (Å²) in [6.45, 7) is 6.17. The zero-order chi connectivity index (χ0) is 22.0. The Kier molecular flexibility index (Phi) is 6.03. The zero-order valence-electron chi connectivity index (χ0n) is 17.6. The number of nitrogens with zero attached hydrogens (tertiary/aromatic N) is 4. The van der Waals surface area contributed by atoms with Gasteiger partial charge in [-0.25, -0.2) is 0 Å². The second kappa shape index (κ2) is 8.73. The van der Waals surface area contributed by atoms with E-state index in [4.69, 9.17) is 10.00 Å². The van der Waals surface area contributed by atoms with Gasteiger partial charge >= 0.3 is 0 Å². The molecule has 31 heavy (non-hydrogen) atoms. The Morgan fingerprint density at radius 1 is 1.39 bits per heavy atom. The summed E-state index contributed by atoms with van der Waals surface area (Å²) in [5, 5.41) is 12.6. The van der Waals surface area contributed by atoms with Crippen LogP contribution in [0.2, 0.25) is 0 Å². The van der Waals surface area contributed by atoms with Gasteiger partial charge in [0.25, 0.3) is 5.91 Å². The topological polar surface area (TPSA) is 98.6 Å². The zero-order valence-corrected chi connectivity index (χ0v) is 18.4. The Morgan fingerprint density at radius 3 is 3.00 bits per heavy atom. The number of anilines is 1. The molecule has 162 valence electrons. The van der Waals surface area contributed by atoms with E-state index in [0.717, 1.165) is 17.6 Å². The molecule has 2 fully saturated rings. The fraction of sp³-hybridized carbons (Fsp3) is 0.455. The number of morpholine rings is 1. The molecule has 0 bridgehead atoms. The molecule has 2 aromatic rings. The Hall–Kier alpha value is -2.83. The molecular formula is C22H25N5O3S. The Balaban J connectivity index is 1.55. The summed E-state index contributed by atoms with van der Waals surface area (Å²) in [6.07, 6.45) is 1.60. The highest BCUT2D eigenvalue weighted by Crippen LogP contribution is 2.30. The summed E-state index contributed by atoms with van der Waals surface area (Å²) >= 11 is 1.54. The van der Waals surface area contributed by atoms with Crippen LogP contribution in [0.5, 0.6) is 0 Å². The van der Waals surface area contributed by atoms with Gasteiger partial charge in [-0.2, -0.15) is 5.26 Å². The predicted molar refractivity (Wildman–Crippen MR) is 120 cm³/mol. The van der Waals surface area contributed by atoms with E-state index < -0.39 is 6.04 Å². The second-order valence-corrected chi connectivity index (χ2v) is 9.27. The normalized spacial score (nSPS) is 20.5. The maximum Gasteiger partial charge on any atom is 0.252 e. The molecule has 2 aliphatic heterocycles. The summed E-state index contributed by atoms with van der Waals surface area (Å²) in [4.78, 5) is 33.6. The van der Waals surface area contributed by atoms with E-state index in [1.807, 2.05) is 18.2 Å². The van der Waals surface area contributed by atoms with Crippen LogP contribution in [0.4, 0.5) is 5.69 Å². The number of ether oxygens (including phenoxy) is 1. The number of carbonyl (C=O) groups excluding carboxylic acids is 2. The highest BCUT2D eigenvalue weighted by atomic mass is 32.2. The van der Waals surface area contributed by atoms with Crippen LogP contribution in [-0.4, -0.2) is 71.2 Å². The molecular weight excluding hydrogens is 414 g/mol. The summed E-state index contributed by atoms with van der Waals surface area (Å²) in [5.41, 5.74) is 2.03. The molecule has 0 radical (unpaired) electrons. The number of fused-ring (bicyclic) bond motifs is 1. The van der Waals surface area contributed by atoms with Gasteiger partial charge in [0.1, 0.15) is 6.04 Å². The van der Waals surface area contributed by atoms with Crippen LogP contribution in [-0.2, 0) is 9.53 Å². The van der Waals surface area contributed by atoms with Crippen molar-refractivity contribution in [2.24, 2.45) is 0 Å². The van der Waals surface area contributed by atoms with Crippen molar-refractivity contribution in [3.8, 4) is 6.07 Å². The van der Waals surface area contributed by atoms with E-state index in [1.54, 1.807) is 12.3 Å². The highest BCUT2D eigenvalue weighted by Gasteiger charge is 2.31. The quantitative estimate of drug-likeness (QED) is 0.778. The summed E-state index contributed by atoms with van der Waals surface area (Å²) in [6, 6.07) is 9.27. The molecule has 9 heteroatoms. The van der Waals surface area contributed by atoms with Gasteiger partial charge in [0.2, 0.25) is 5.91 Å². The monoisotopic (exact) mass is 439 g/mol. The molecule has 0 spiro atoms. The molecule has 0 saturated carbocycles. The maximum absolute atomic E-state index is 12.9. The molecule has 8 nitrogen and oxygen atoms in total. The molecule has 2 saturated heterocycles. The van der Waals surface area contributed by atoms with Crippen molar-refractivity contribution in [2.45, 2.75) is 25.4 Å². The first-order chi connectivity index (χ1) is 14.9. The molecule has 1 atom stereocenters. The standard InChI is InChI=1S/C22H25N5O3S/c1-22(2)13-30-8-7-27(22)15-3-4-19-18(9-15)17(5-6-24-19)21(29)25-11-20(28)26-14-31-12-16(26)10-23/h3-6,9,16H,7-8,11-14H2,1-2H3,(H,25,29). The Morgan fingerprint density at radius 2 is 2.23 bits per heavy atom. The molecule has 1 unspecified atom stereocenters. The van der Waals surface area contributed by atoms with E-state index in [-0.39, 0.29) is 23.9 Å². The van der Waals surface area contributed by atoms with E-state index in [1.165, 1.54) is 16.7 Å². The first kappa shape index (κ1) is 21.4. The fourth-order valence-corrected chi connectivity index (χ4v) is 5.09. The van der Waals surface area contributed by atoms with Gasteiger partial charge in [0, 0.05) is 29.6 Å².